The molecule has 0 bridgehead atoms. The van der Waals surface area contributed by atoms with Crippen molar-refractivity contribution in [1.29, 1.82) is 0 Å². The predicted molar refractivity (Wildman–Crippen MR) is 134 cm³/mol. The van der Waals surface area contributed by atoms with Gasteiger partial charge in [0.25, 0.3) is 11.8 Å². The van der Waals surface area contributed by atoms with Gasteiger partial charge in [-0.25, -0.2) is 4.98 Å². The van der Waals surface area contributed by atoms with Gasteiger partial charge in [0, 0.05) is 52.7 Å². The fourth-order valence-electron chi connectivity index (χ4n) is 4.22. The van der Waals surface area contributed by atoms with Crippen LogP contribution in [0.5, 0.6) is 0 Å². The highest BCUT2D eigenvalue weighted by Gasteiger charge is 2.19. The van der Waals surface area contributed by atoms with E-state index >= 15 is 0 Å². The van der Waals surface area contributed by atoms with Crippen molar-refractivity contribution in [2.75, 3.05) is 18.4 Å². The first-order chi connectivity index (χ1) is 16.6. The summed E-state index contributed by atoms with van der Waals surface area (Å²) >= 11 is 6.22. The maximum Gasteiger partial charge on any atom is 0.256 e. The smallest absolute Gasteiger partial charge is 0.256 e. The Morgan fingerprint density at radius 1 is 0.941 bits per heavy atom. The number of likely N-dealkylation sites (tertiary alicyclic amines) is 1. The fourth-order valence-corrected chi connectivity index (χ4v) is 4.39. The average Bonchev–Trinajstić information content (AvgIpc) is 2.89. The van der Waals surface area contributed by atoms with E-state index in [1.165, 1.54) is 6.42 Å². The van der Waals surface area contributed by atoms with Crippen LogP contribution in [0.3, 0.4) is 0 Å². The standard InChI is InChI=1S/C27H23ClN4O2/c28-20-8-11-24-22(15-20)23(16-25(31-24)19-5-4-12-29-17-19)26(33)30-21-9-6-18(7-10-21)27(34)32-13-2-1-3-14-32/h4-12,15-17H,1-3,13-14H2,(H,30,33). The van der Waals surface area contributed by atoms with Crippen LogP contribution in [0.15, 0.2) is 73.1 Å². The Morgan fingerprint density at radius 3 is 2.47 bits per heavy atom. The number of nitrogens with one attached hydrogen (secondary N) is 1. The van der Waals surface area contributed by atoms with Crippen LogP contribution in [-0.2, 0) is 0 Å². The van der Waals surface area contributed by atoms with Crippen LogP contribution in [0, 0.1) is 0 Å². The molecule has 0 radical (unpaired) electrons. The summed E-state index contributed by atoms with van der Waals surface area (Å²) < 4.78 is 0. The molecule has 0 saturated carbocycles. The molecule has 1 N–H and O–H groups in total. The van der Waals surface area contributed by atoms with Crippen molar-refractivity contribution in [1.82, 2.24) is 14.9 Å². The zero-order valence-corrected chi connectivity index (χ0v) is 19.3. The molecule has 170 valence electrons. The van der Waals surface area contributed by atoms with Gasteiger partial charge in [-0.15, -0.1) is 0 Å². The van der Waals surface area contributed by atoms with E-state index < -0.39 is 0 Å². The van der Waals surface area contributed by atoms with E-state index in [0.29, 0.717) is 38.4 Å². The van der Waals surface area contributed by atoms with Crippen molar-refractivity contribution in [3.05, 3.63) is 89.2 Å². The second-order valence-corrected chi connectivity index (χ2v) is 8.78. The number of benzene rings is 2. The summed E-state index contributed by atoms with van der Waals surface area (Å²) in [5.41, 5.74) is 3.82. The molecule has 2 amide bonds. The Bertz CT molecular complexity index is 1350. The van der Waals surface area contributed by atoms with Gasteiger partial charge in [0.15, 0.2) is 0 Å². The van der Waals surface area contributed by atoms with E-state index in [2.05, 4.69) is 10.3 Å². The minimum Gasteiger partial charge on any atom is -0.339 e. The van der Waals surface area contributed by atoms with Crippen molar-refractivity contribution in [2.24, 2.45) is 0 Å². The van der Waals surface area contributed by atoms with Crippen molar-refractivity contribution in [3.63, 3.8) is 0 Å². The number of fused-ring (bicyclic) bond motifs is 1. The molecular weight excluding hydrogens is 448 g/mol. The Kier molecular flexibility index (Phi) is 6.23. The number of nitrogens with zero attached hydrogens (tertiary/aromatic N) is 3. The third-order valence-corrected chi connectivity index (χ3v) is 6.24. The minimum absolute atomic E-state index is 0.0356. The maximum absolute atomic E-state index is 13.3. The lowest BCUT2D eigenvalue weighted by atomic mass is 10.0. The van der Waals surface area contributed by atoms with E-state index in [1.54, 1.807) is 60.9 Å². The van der Waals surface area contributed by atoms with E-state index in [1.807, 2.05) is 17.0 Å². The average molecular weight is 471 g/mol. The SMILES string of the molecule is O=C(Nc1ccc(C(=O)N2CCCCC2)cc1)c1cc(-c2cccnc2)nc2ccc(Cl)cc12. The molecule has 0 atom stereocenters. The predicted octanol–water partition coefficient (Wildman–Crippen LogP) is 5.83. The number of hydrogen-bond acceptors (Lipinski definition) is 4. The molecule has 7 heteroatoms. The molecular formula is C27H23ClN4O2. The number of piperidine rings is 1. The number of carbonyl (C=O) groups excluding carboxylic acids is 2. The number of carbonyl (C=O) groups is 2. The van der Waals surface area contributed by atoms with Gasteiger partial charge >= 0.3 is 0 Å². The van der Waals surface area contributed by atoms with E-state index in [-0.39, 0.29) is 11.8 Å². The van der Waals surface area contributed by atoms with Gasteiger partial charge in [-0.1, -0.05) is 11.6 Å². The monoisotopic (exact) mass is 470 g/mol. The van der Waals surface area contributed by atoms with Gasteiger partial charge in [-0.3, -0.25) is 14.6 Å². The number of rotatable bonds is 4. The lowest BCUT2D eigenvalue weighted by Gasteiger charge is -2.26. The molecule has 0 spiro atoms. The molecule has 6 nitrogen and oxygen atoms in total. The van der Waals surface area contributed by atoms with Gasteiger partial charge in [0.2, 0.25) is 0 Å². The number of pyridine rings is 2. The first-order valence-corrected chi connectivity index (χ1v) is 11.7. The highest BCUT2D eigenvalue weighted by Crippen LogP contribution is 2.27. The Labute approximate surface area is 202 Å². The number of halogens is 1. The largest absolute Gasteiger partial charge is 0.339 e. The van der Waals surface area contributed by atoms with Crippen LogP contribution >= 0.6 is 11.6 Å². The summed E-state index contributed by atoms with van der Waals surface area (Å²) in [5.74, 6) is -0.247. The summed E-state index contributed by atoms with van der Waals surface area (Å²) in [6.45, 7) is 1.60. The Hall–Kier alpha value is -3.77. The topological polar surface area (TPSA) is 75.2 Å². The van der Waals surface area contributed by atoms with Crippen LogP contribution < -0.4 is 5.32 Å². The Balaban J connectivity index is 1.43. The summed E-state index contributed by atoms with van der Waals surface area (Å²) in [7, 11) is 0. The summed E-state index contributed by atoms with van der Waals surface area (Å²) in [4.78, 5) is 36.8. The minimum atomic E-state index is -0.282. The quantitative estimate of drug-likeness (QED) is 0.407. The third kappa shape index (κ3) is 4.63. The van der Waals surface area contributed by atoms with E-state index in [4.69, 9.17) is 16.6 Å². The summed E-state index contributed by atoms with van der Waals surface area (Å²) in [6, 6.07) is 17.8. The highest BCUT2D eigenvalue weighted by atomic mass is 35.5. The molecule has 1 fully saturated rings. The van der Waals surface area contributed by atoms with Gasteiger partial charge < -0.3 is 10.2 Å². The molecule has 1 aliphatic rings. The van der Waals surface area contributed by atoms with Crippen LogP contribution in [0.2, 0.25) is 5.02 Å². The molecule has 5 rings (SSSR count). The second-order valence-electron chi connectivity index (χ2n) is 8.34. The van der Waals surface area contributed by atoms with Crippen molar-refractivity contribution < 1.29 is 9.59 Å². The zero-order chi connectivity index (χ0) is 23.5. The van der Waals surface area contributed by atoms with Gasteiger partial charge in [-0.05, 0) is 79.9 Å². The zero-order valence-electron chi connectivity index (χ0n) is 18.5. The van der Waals surface area contributed by atoms with E-state index in [9.17, 15) is 9.59 Å². The highest BCUT2D eigenvalue weighted by molar-refractivity contribution is 6.31. The summed E-state index contributed by atoms with van der Waals surface area (Å²) in [6.07, 6.45) is 6.67. The molecule has 0 unspecified atom stereocenters. The molecule has 2 aromatic heterocycles. The molecule has 3 heterocycles. The number of anilines is 1. The lowest BCUT2D eigenvalue weighted by Crippen LogP contribution is -2.35. The number of aromatic nitrogens is 2. The molecule has 0 aliphatic carbocycles. The molecule has 1 aliphatic heterocycles. The maximum atomic E-state index is 13.3. The first kappa shape index (κ1) is 22.0. The van der Waals surface area contributed by atoms with Crippen molar-refractivity contribution >= 4 is 40.0 Å². The lowest BCUT2D eigenvalue weighted by molar-refractivity contribution is 0.0724. The fraction of sp³-hybridized carbons (Fsp3) is 0.185. The van der Waals surface area contributed by atoms with Crippen LogP contribution in [0.4, 0.5) is 5.69 Å². The Morgan fingerprint density at radius 2 is 1.74 bits per heavy atom. The van der Waals surface area contributed by atoms with Crippen molar-refractivity contribution in [3.8, 4) is 11.3 Å². The van der Waals surface area contributed by atoms with Crippen LogP contribution in [0.1, 0.15) is 40.0 Å². The van der Waals surface area contributed by atoms with Gasteiger partial charge in [0.05, 0.1) is 16.8 Å². The van der Waals surface area contributed by atoms with Gasteiger partial charge in [0.1, 0.15) is 0 Å². The van der Waals surface area contributed by atoms with Crippen LogP contribution in [0.25, 0.3) is 22.2 Å². The van der Waals surface area contributed by atoms with Crippen LogP contribution in [-0.4, -0.2) is 39.8 Å². The van der Waals surface area contributed by atoms with Crippen molar-refractivity contribution in [2.45, 2.75) is 19.3 Å². The van der Waals surface area contributed by atoms with E-state index in [0.717, 1.165) is 31.5 Å². The van der Waals surface area contributed by atoms with Gasteiger partial charge in [-0.2, -0.15) is 0 Å². The molecule has 1 saturated heterocycles. The third-order valence-electron chi connectivity index (χ3n) is 6.01. The second kappa shape index (κ2) is 9.61. The molecule has 34 heavy (non-hydrogen) atoms. The molecule has 4 aromatic rings. The normalized spacial score (nSPS) is 13.6. The number of amides is 2. The first-order valence-electron chi connectivity index (χ1n) is 11.3. The molecule has 2 aromatic carbocycles. The number of hydrogen-bond donors (Lipinski definition) is 1. The summed E-state index contributed by atoms with van der Waals surface area (Å²) in [5, 5.41) is 4.13.